The second-order valence-corrected chi connectivity index (χ2v) is 7.74. The molecule has 2 heterocycles. The molecule has 1 aliphatic heterocycles. The van der Waals surface area contributed by atoms with Crippen LogP contribution in [0, 0.1) is 0 Å². The van der Waals surface area contributed by atoms with Crippen LogP contribution in [0.25, 0.3) is 11.3 Å². The van der Waals surface area contributed by atoms with Crippen molar-refractivity contribution in [2.24, 2.45) is 4.99 Å². The lowest BCUT2D eigenvalue weighted by atomic mass is 10.2. The van der Waals surface area contributed by atoms with Gasteiger partial charge in [0, 0.05) is 36.6 Å². The van der Waals surface area contributed by atoms with Crippen LogP contribution < -0.4 is 4.80 Å². The zero-order valence-corrected chi connectivity index (χ0v) is 16.6. The summed E-state index contributed by atoms with van der Waals surface area (Å²) in [6, 6.07) is 18.1. The van der Waals surface area contributed by atoms with E-state index in [1.54, 1.807) is 11.3 Å². The van der Waals surface area contributed by atoms with Crippen LogP contribution in [-0.4, -0.2) is 42.3 Å². The van der Waals surface area contributed by atoms with E-state index in [1.807, 2.05) is 42.5 Å². The van der Waals surface area contributed by atoms with Crippen LogP contribution in [0.2, 0.25) is 5.02 Å². The molecule has 0 aliphatic carbocycles. The number of para-hydroxylation sites is 1. The molecule has 140 valence electrons. The zero-order valence-electron chi connectivity index (χ0n) is 15.1. The number of rotatable bonds is 5. The van der Waals surface area contributed by atoms with E-state index in [9.17, 15) is 0 Å². The molecule has 2 aromatic carbocycles. The van der Waals surface area contributed by atoms with Crippen LogP contribution in [0.5, 0.6) is 0 Å². The predicted octanol–water partition coefficient (Wildman–Crippen LogP) is 4.43. The standard InChI is InChI=1S/C21H22ClN3OS/c22-18-8-6-17(7-9-18)20-16-27-21(23-19-4-2-1-3-5-19)25(20)11-10-24-12-14-26-15-13-24/h1-9,16H,10-15H2. The number of halogens is 1. The fraction of sp³-hybridized carbons (Fsp3) is 0.286. The minimum atomic E-state index is 0.753. The molecule has 6 heteroatoms. The summed E-state index contributed by atoms with van der Waals surface area (Å²) in [5.41, 5.74) is 3.31. The highest BCUT2D eigenvalue weighted by atomic mass is 35.5. The summed E-state index contributed by atoms with van der Waals surface area (Å²) in [5, 5.41) is 2.94. The molecule has 0 bridgehead atoms. The minimum Gasteiger partial charge on any atom is -0.379 e. The second kappa shape index (κ2) is 8.85. The van der Waals surface area contributed by atoms with Crippen LogP contribution >= 0.6 is 22.9 Å². The van der Waals surface area contributed by atoms with Crippen molar-refractivity contribution in [2.75, 3.05) is 32.8 Å². The minimum absolute atomic E-state index is 0.753. The molecule has 1 fully saturated rings. The third-order valence-corrected chi connectivity index (χ3v) is 5.78. The molecule has 0 amide bonds. The average molecular weight is 400 g/mol. The molecule has 1 saturated heterocycles. The lowest BCUT2D eigenvalue weighted by Crippen LogP contribution is -2.39. The molecule has 4 nitrogen and oxygen atoms in total. The molecule has 3 aromatic rings. The van der Waals surface area contributed by atoms with Crippen LogP contribution in [0.1, 0.15) is 0 Å². The Morgan fingerprint density at radius 2 is 1.70 bits per heavy atom. The summed E-state index contributed by atoms with van der Waals surface area (Å²) in [6.07, 6.45) is 0. The van der Waals surface area contributed by atoms with Gasteiger partial charge in [-0.05, 0) is 29.8 Å². The summed E-state index contributed by atoms with van der Waals surface area (Å²) in [7, 11) is 0. The van der Waals surface area contributed by atoms with E-state index in [0.717, 1.165) is 60.5 Å². The first-order valence-electron chi connectivity index (χ1n) is 9.14. The number of hydrogen-bond acceptors (Lipinski definition) is 4. The van der Waals surface area contributed by atoms with Gasteiger partial charge in [0.2, 0.25) is 0 Å². The Bertz CT molecular complexity index is 928. The zero-order chi connectivity index (χ0) is 18.5. The molecule has 27 heavy (non-hydrogen) atoms. The van der Waals surface area contributed by atoms with Crippen molar-refractivity contribution in [3.8, 4) is 11.3 Å². The van der Waals surface area contributed by atoms with Gasteiger partial charge in [-0.3, -0.25) is 4.90 Å². The smallest absolute Gasteiger partial charge is 0.190 e. The van der Waals surface area contributed by atoms with E-state index < -0.39 is 0 Å². The quantitative estimate of drug-likeness (QED) is 0.635. The van der Waals surface area contributed by atoms with Crippen LogP contribution in [0.3, 0.4) is 0 Å². The molecular weight excluding hydrogens is 378 g/mol. The summed E-state index contributed by atoms with van der Waals surface area (Å²) < 4.78 is 7.78. The van der Waals surface area contributed by atoms with Gasteiger partial charge in [0.15, 0.2) is 4.80 Å². The van der Waals surface area contributed by atoms with E-state index in [2.05, 4.69) is 27.0 Å². The van der Waals surface area contributed by atoms with Crippen molar-refractivity contribution in [1.29, 1.82) is 0 Å². The third kappa shape index (κ3) is 4.68. The summed E-state index contributed by atoms with van der Waals surface area (Å²) in [4.78, 5) is 8.34. The number of hydrogen-bond donors (Lipinski definition) is 0. The lowest BCUT2D eigenvalue weighted by Gasteiger charge is -2.26. The molecule has 0 unspecified atom stereocenters. The van der Waals surface area contributed by atoms with Gasteiger partial charge in [-0.2, -0.15) is 0 Å². The van der Waals surface area contributed by atoms with Crippen molar-refractivity contribution in [2.45, 2.75) is 6.54 Å². The number of morpholine rings is 1. The molecule has 0 saturated carbocycles. The van der Waals surface area contributed by atoms with Gasteiger partial charge in [-0.25, -0.2) is 4.99 Å². The predicted molar refractivity (Wildman–Crippen MR) is 112 cm³/mol. The van der Waals surface area contributed by atoms with Crippen molar-refractivity contribution in [3.63, 3.8) is 0 Å². The first-order valence-corrected chi connectivity index (χ1v) is 10.4. The van der Waals surface area contributed by atoms with E-state index in [1.165, 1.54) is 5.69 Å². The maximum Gasteiger partial charge on any atom is 0.190 e. The number of nitrogens with zero attached hydrogens (tertiary/aromatic N) is 3. The normalized spacial score (nSPS) is 16.0. The summed E-state index contributed by atoms with van der Waals surface area (Å²) >= 11 is 7.75. The molecule has 4 rings (SSSR count). The van der Waals surface area contributed by atoms with Crippen LogP contribution in [0.4, 0.5) is 5.69 Å². The summed E-state index contributed by atoms with van der Waals surface area (Å²) in [5.74, 6) is 0. The molecule has 1 aromatic heterocycles. The lowest BCUT2D eigenvalue weighted by molar-refractivity contribution is 0.0363. The van der Waals surface area contributed by atoms with Crippen molar-refractivity contribution in [3.05, 3.63) is 69.8 Å². The highest BCUT2D eigenvalue weighted by Gasteiger charge is 2.13. The number of ether oxygens (including phenoxy) is 1. The fourth-order valence-corrected chi connectivity index (χ4v) is 4.25. The summed E-state index contributed by atoms with van der Waals surface area (Å²) in [6.45, 7) is 5.51. The molecule has 0 atom stereocenters. The molecule has 0 N–H and O–H groups in total. The Morgan fingerprint density at radius 1 is 0.963 bits per heavy atom. The number of benzene rings is 2. The Labute approximate surface area is 168 Å². The second-order valence-electron chi connectivity index (χ2n) is 6.46. The number of aromatic nitrogens is 1. The largest absolute Gasteiger partial charge is 0.379 e. The van der Waals surface area contributed by atoms with E-state index in [0.29, 0.717) is 0 Å². The topological polar surface area (TPSA) is 29.8 Å². The van der Waals surface area contributed by atoms with Crippen molar-refractivity contribution >= 4 is 28.6 Å². The highest BCUT2D eigenvalue weighted by Crippen LogP contribution is 2.23. The van der Waals surface area contributed by atoms with Gasteiger partial charge >= 0.3 is 0 Å². The van der Waals surface area contributed by atoms with E-state index in [-0.39, 0.29) is 0 Å². The van der Waals surface area contributed by atoms with Crippen LogP contribution in [0.15, 0.2) is 65.0 Å². The Morgan fingerprint density at radius 3 is 2.44 bits per heavy atom. The first-order chi connectivity index (χ1) is 13.3. The SMILES string of the molecule is Clc1ccc(-c2csc(=Nc3ccccc3)n2CCN2CCOCC2)cc1. The van der Waals surface area contributed by atoms with Gasteiger partial charge < -0.3 is 9.30 Å². The van der Waals surface area contributed by atoms with Gasteiger partial charge in [0.25, 0.3) is 0 Å². The van der Waals surface area contributed by atoms with E-state index >= 15 is 0 Å². The molecular formula is C21H22ClN3OS. The Hall–Kier alpha value is -1.92. The average Bonchev–Trinajstić information content (AvgIpc) is 3.11. The fourth-order valence-electron chi connectivity index (χ4n) is 3.17. The third-order valence-electron chi connectivity index (χ3n) is 4.66. The van der Waals surface area contributed by atoms with Gasteiger partial charge in [0.1, 0.15) is 0 Å². The van der Waals surface area contributed by atoms with Crippen LogP contribution in [-0.2, 0) is 11.3 Å². The molecule has 1 aliphatic rings. The van der Waals surface area contributed by atoms with Gasteiger partial charge in [0.05, 0.1) is 24.6 Å². The van der Waals surface area contributed by atoms with E-state index in [4.69, 9.17) is 21.3 Å². The first kappa shape index (κ1) is 18.4. The monoisotopic (exact) mass is 399 g/mol. The maximum absolute atomic E-state index is 6.07. The van der Waals surface area contributed by atoms with Crippen molar-refractivity contribution < 1.29 is 4.74 Å². The van der Waals surface area contributed by atoms with Crippen molar-refractivity contribution in [1.82, 2.24) is 9.47 Å². The highest BCUT2D eigenvalue weighted by molar-refractivity contribution is 7.07. The molecule has 0 radical (unpaired) electrons. The maximum atomic E-state index is 6.07. The number of thiazole rings is 1. The Kier molecular flexibility index (Phi) is 6.04. The Balaban J connectivity index is 1.68. The van der Waals surface area contributed by atoms with Gasteiger partial charge in [-0.1, -0.05) is 41.9 Å². The van der Waals surface area contributed by atoms with Gasteiger partial charge in [-0.15, -0.1) is 11.3 Å². The molecule has 0 spiro atoms.